The van der Waals surface area contributed by atoms with Crippen molar-refractivity contribution in [3.8, 4) is 22.3 Å². The van der Waals surface area contributed by atoms with Crippen LogP contribution < -0.4 is 4.90 Å². The van der Waals surface area contributed by atoms with E-state index < -0.39 is 0 Å². The van der Waals surface area contributed by atoms with Crippen LogP contribution >= 0.6 is 0 Å². The Morgan fingerprint density at radius 2 is 0.881 bits per heavy atom. The van der Waals surface area contributed by atoms with E-state index in [1.54, 1.807) is 0 Å². The molecule has 0 amide bonds. The van der Waals surface area contributed by atoms with Crippen molar-refractivity contribution in [3.63, 3.8) is 0 Å². The second-order valence-corrected chi connectivity index (χ2v) is 10.6. The Morgan fingerprint density at radius 3 is 1.60 bits per heavy atom. The lowest BCUT2D eigenvalue weighted by Crippen LogP contribution is -2.09. The zero-order valence-electron chi connectivity index (χ0n) is 22.9. The van der Waals surface area contributed by atoms with E-state index in [0.717, 1.165) is 44.4 Å². The van der Waals surface area contributed by atoms with Crippen molar-refractivity contribution in [3.05, 3.63) is 164 Å². The van der Waals surface area contributed by atoms with E-state index in [4.69, 9.17) is 4.42 Å². The predicted molar refractivity (Wildman–Crippen MR) is 177 cm³/mol. The van der Waals surface area contributed by atoms with Crippen molar-refractivity contribution in [2.45, 2.75) is 0 Å². The van der Waals surface area contributed by atoms with Crippen molar-refractivity contribution in [1.82, 2.24) is 0 Å². The highest BCUT2D eigenvalue weighted by Gasteiger charge is 2.14. The average molecular weight is 538 g/mol. The molecule has 42 heavy (non-hydrogen) atoms. The number of para-hydroxylation sites is 2. The molecule has 0 N–H and O–H groups in total. The molecule has 0 aliphatic carbocycles. The molecule has 0 aliphatic heterocycles. The molecule has 0 saturated heterocycles. The predicted octanol–water partition coefficient (Wildman–Crippen LogP) is 11.5. The van der Waals surface area contributed by atoms with E-state index in [2.05, 4.69) is 157 Å². The third-order valence-corrected chi connectivity index (χ3v) is 8.07. The first-order chi connectivity index (χ1) is 20.8. The smallest absolute Gasteiger partial charge is 0.143 e. The molecule has 0 unspecified atom stereocenters. The highest BCUT2D eigenvalue weighted by molar-refractivity contribution is 6.15. The van der Waals surface area contributed by atoms with Crippen molar-refractivity contribution < 1.29 is 4.42 Å². The maximum atomic E-state index is 6.26. The second kappa shape index (κ2) is 10.1. The van der Waals surface area contributed by atoms with Crippen LogP contribution in [0.25, 0.3) is 55.0 Å². The molecular formula is C40H27NO. The molecule has 0 bridgehead atoms. The molecule has 0 radical (unpaired) electrons. The van der Waals surface area contributed by atoms with Gasteiger partial charge in [0.2, 0.25) is 0 Å². The molecule has 2 nitrogen and oxygen atoms in total. The summed E-state index contributed by atoms with van der Waals surface area (Å²) in [7, 11) is 0. The van der Waals surface area contributed by atoms with Crippen LogP contribution in [0.1, 0.15) is 0 Å². The van der Waals surface area contributed by atoms with Crippen LogP contribution in [0.2, 0.25) is 0 Å². The molecule has 1 aromatic heterocycles. The summed E-state index contributed by atoms with van der Waals surface area (Å²) in [6.07, 6.45) is 0. The number of nitrogens with zero attached hydrogens (tertiary/aromatic N) is 1. The molecule has 0 atom stereocenters. The zero-order valence-corrected chi connectivity index (χ0v) is 22.9. The number of rotatable bonds is 5. The Hall–Kier alpha value is -5.60. The monoisotopic (exact) mass is 537 g/mol. The van der Waals surface area contributed by atoms with Gasteiger partial charge in [0.25, 0.3) is 0 Å². The van der Waals surface area contributed by atoms with Gasteiger partial charge in [0, 0.05) is 33.2 Å². The number of hydrogen-bond acceptors (Lipinski definition) is 2. The number of benzene rings is 7. The highest BCUT2D eigenvalue weighted by Crippen LogP contribution is 2.38. The minimum absolute atomic E-state index is 0.928. The topological polar surface area (TPSA) is 16.4 Å². The van der Waals surface area contributed by atoms with Gasteiger partial charge in [-0.15, -0.1) is 0 Å². The normalized spacial score (nSPS) is 11.3. The van der Waals surface area contributed by atoms with Gasteiger partial charge in [-0.2, -0.15) is 0 Å². The number of fused-ring (bicyclic) bond motifs is 5. The maximum absolute atomic E-state index is 6.26. The Kier molecular flexibility index (Phi) is 5.82. The fraction of sp³-hybridized carbons (Fsp3) is 0. The lowest BCUT2D eigenvalue weighted by Gasteiger charge is -2.26. The molecule has 198 valence electrons. The van der Waals surface area contributed by atoms with Gasteiger partial charge >= 0.3 is 0 Å². The first kappa shape index (κ1) is 24.2. The van der Waals surface area contributed by atoms with Gasteiger partial charge < -0.3 is 9.32 Å². The summed E-state index contributed by atoms with van der Waals surface area (Å²) in [4.78, 5) is 2.30. The SMILES string of the molecule is c1ccc(-c2ccc(N(c3ccccc3)c3ccc(-c4ccc5c(ccc6c7ccccc7oc56)c4)cc3)cc2)cc1. The Labute approximate surface area is 244 Å². The third kappa shape index (κ3) is 4.22. The number of anilines is 3. The Morgan fingerprint density at radius 1 is 0.357 bits per heavy atom. The van der Waals surface area contributed by atoms with Gasteiger partial charge in [0.05, 0.1) is 0 Å². The summed E-state index contributed by atoms with van der Waals surface area (Å²) >= 11 is 0. The summed E-state index contributed by atoms with van der Waals surface area (Å²) in [5.74, 6) is 0. The summed E-state index contributed by atoms with van der Waals surface area (Å²) in [6, 6.07) is 57.9. The molecule has 8 rings (SSSR count). The van der Waals surface area contributed by atoms with E-state index in [9.17, 15) is 0 Å². The molecule has 0 spiro atoms. The third-order valence-electron chi connectivity index (χ3n) is 8.07. The number of furan rings is 1. The van der Waals surface area contributed by atoms with E-state index in [1.807, 2.05) is 12.1 Å². The molecule has 0 saturated carbocycles. The van der Waals surface area contributed by atoms with E-state index >= 15 is 0 Å². The van der Waals surface area contributed by atoms with Gasteiger partial charge in [0.1, 0.15) is 11.2 Å². The van der Waals surface area contributed by atoms with Gasteiger partial charge in [-0.1, -0.05) is 103 Å². The minimum atomic E-state index is 0.928. The van der Waals surface area contributed by atoms with Crippen molar-refractivity contribution in [1.29, 1.82) is 0 Å². The highest BCUT2D eigenvalue weighted by atomic mass is 16.3. The van der Waals surface area contributed by atoms with E-state index in [0.29, 0.717) is 0 Å². The van der Waals surface area contributed by atoms with Crippen LogP contribution in [0.5, 0.6) is 0 Å². The molecule has 1 heterocycles. The van der Waals surface area contributed by atoms with Gasteiger partial charge in [-0.3, -0.25) is 0 Å². The van der Waals surface area contributed by atoms with Gasteiger partial charge in [-0.25, -0.2) is 0 Å². The van der Waals surface area contributed by atoms with Crippen LogP contribution in [0.15, 0.2) is 168 Å². The van der Waals surface area contributed by atoms with E-state index in [-0.39, 0.29) is 0 Å². The maximum Gasteiger partial charge on any atom is 0.143 e. The van der Waals surface area contributed by atoms with Crippen LogP contribution in [-0.4, -0.2) is 0 Å². The average Bonchev–Trinajstić information content (AvgIpc) is 3.45. The van der Waals surface area contributed by atoms with Crippen molar-refractivity contribution in [2.75, 3.05) is 4.90 Å². The van der Waals surface area contributed by atoms with Crippen molar-refractivity contribution >= 4 is 49.8 Å². The standard InChI is InChI=1S/C40H27NO/c1-3-9-28(10-4-1)29-15-21-34(22-16-29)41(33-11-5-2-6-12-33)35-23-17-30(18-24-35)31-19-25-36-32(27-31)20-26-38-37-13-7-8-14-39(37)42-40(36)38/h1-27H. The molecule has 2 heteroatoms. The first-order valence-corrected chi connectivity index (χ1v) is 14.3. The second-order valence-electron chi connectivity index (χ2n) is 10.6. The summed E-state index contributed by atoms with van der Waals surface area (Å²) < 4.78 is 6.26. The lowest BCUT2D eigenvalue weighted by molar-refractivity contribution is 0.672. The lowest BCUT2D eigenvalue weighted by atomic mass is 9.99. The molecule has 0 aliphatic rings. The summed E-state index contributed by atoms with van der Waals surface area (Å²) in [5, 5.41) is 4.63. The van der Waals surface area contributed by atoms with Crippen LogP contribution in [0.4, 0.5) is 17.1 Å². The summed E-state index contributed by atoms with van der Waals surface area (Å²) in [6.45, 7) is 0. The molecule has 7 aromatic carbocycles. The zero-order chi connectivity index (χ0) is 27.9. The summed E-state index contributed by atoms with van der Waals surface area (Å²) in [5.41, 5.74) is 10.0. The van der Waals surface area contributed by atoms with E-state index in [1.165, 1.54) is 27.6 Å². The number of hydrogen-bond donors (Lipinski definition) is 0. The van der Waals surface area contributed by atoms with Crippen LogP contribution in [0, 0.1) is 0 Å². The fourth-order valence-corrected chi connectivity index (χ4v) is 5.95. The van der Waals surface area contributed by atoms with Crippen LogP contribution in [-0.2, 0) is 0 Å². The fourth-order valence-electron chi connectivity index (χ4n) is 5.95. The van der Waals surface area contributed by atoms with Gasteiger partial charge in [-0.05, 0) is 88.3 Å². The largest absolute Gasteiger partial charge is 0.455 e. The van der Waals surface area contributed by atoms with Crippen molar-refractivity contribution in [2.24, 2.45) is 0 Å². The Balaban J connectivity index is 1.15. The molecule has 0 fully saturated rings. The van der Waals surface area contributed by atoms with Crippen LogP contribution in [0.3, 0.4) is 0 Å². The first-order valence-electron chi connectivity index (χ1n) is 14.3. The minimum Gasteiger partial charge on any atom is -0.455 e. The molecular weight excluding hydrogens is 510 g/mol. The van der Waals surface area contributed by atoms with Gasteiger partial charge in [0.15, 0.2) is 0 Å². The molecule has 8 aromatic rings. The quantitative estimate of drug-likeness (QED) is 0.217. The Bertz CT molecular complexity index is 2160.